The molecule has 0 saturated carbocycles. The molecule has 3 heterocycles. The first-order chi connectivity index (χ1) is 15.5. The summed E-state index contributed by atoms with van der Waals surface area (Å²) in [7, 11) is -2.30. The third kappa shape index (κ3) is 4.76. The number of hydrogen-bond acceptors (Lipinski definition) is 7. The molecule has 4 rings (SSSR count). The van der Waals surface area contributed by atoms with E-state index in [-0.39, 0.29) is 22.3 Å². The average molecular weight is 474 g/mol. The van der Waals surface area contributed by atoms with Gasteiger partial charge in [-0.25, -0.2) is 18.5 Å². The average Bonchev–Trinajstić information content (AvgIpc) is 3.38. The van der Waals surface area contributed by atoms with E-state index < -0.39 is 21.8 Å². The molecule has 1 aromatic carbocycles. The summed E-state index contributed by atoms with van der Waals surface area (Å²) in [5, 5.41) is 13.1. The van der Waals surface area contributed by atoms with Gasteiger partial charge < -0.3 is 4.52 Å². The molecular weight excluding hydrogens is 461 g/mol. The van der Waals surface area contributed by atoms with E-state index in [1.54, 1.807) is 13.1 Å². The van der Waals surface area contributed by atoms with Crippen molar-refractivity contribution in [3.05, 3.63) is 65.7 Å². The van der Waals surface area contributed by atoms with Crippen LogP contribution in [0.15, 0.2) is 58.2 Å². The third-order valence-corrected chi connectivity index (χ3v) is 5.33. The standard InChI is InChI=1S/C20H13F3N6O3S/c1-29-17(8-7-14-6-5-13(10-25-14)20(21,22)23)16(11-26-29)19-27-18(28-32-19)12-3-2-4-15(9-12)33(24,30)31/h2-6,9-11H,1H3,(H2,24,30,31). The molecule has 33 heavy (non-hydrogen) atoms. The van der Waals surface area contributed by atoms with Gasteiger partial charge in [0.05, 0.1) is 22.2 Å². The van der Waals surface area contributed by atoms with Gasteiger partial charge in [0, 0.05) is 18.8 Å². The monoisotopic (exact) mass is 474 g/mol. The minimum atomic E-state index is -4.49. The number of hydrogen-bond donors (Lipinski definition) is 1. The fourth-order valence-corrected chi connectivity index (χ4v) is 3.32. The zero-order valence-electron chi connectivity index (χ0n) is 16.7. The van der Waals surface area contributed by atoms with Gasteiger partial charge in [-0.05, 0) is 36.1 Å². The Hall–Kier alpha value is -4.02. The van der Waals surface area contributed by atoms with Crippen LogP contribution < -0.4 is 5.14 Å². The van der Waals surface area contributed by atoms with E-state index in [1.165, 1.54) is 29.1 Å². The molecule has 9 nitrogen and oxygen atoms in total. The van der Waals surface area contributed by atoms with Crippen LogP contribution in [0.3, 0.4) is 0 Å². The van der Waals surface area contributed by atoms with Gasteiger partial charge in [0.1, 0.15) is 11.4 Å². The highest BCUT2D eigenvalue weighted by Gasteiger charge is 2.30. The molecule has 0 aliphatic carbocycles. The van der Waals surface area contributed by atoms with Crippen molar-refractivity contribution in [3.8, 4) is 34.7 Å². The molecule has 0 saturated heterocycles. The first-order valence-corrected chi connectivity index (χ1v) is 10.6. The Bertz CT molecular complexity index is 1500. The van der Waals surface area contributed by atoms with Crippen molar-refractivity contribution in [2.75, 3.05) is 0 Å². The molecular formula is C20H13F3N6O3S. The van der Waals surface area contributed by atoms with E-state index in [1.807, 2.05) is 0 Å². The van der Waals surface area contributed by atoms with Crippen LogP contribution in [0.5, 0.6) is 0 Å². The number of nitrogens with zero attached hydrogens (tertiary/aromatic N) is 5. The van der Waals surface area contributed by atoms with E-state index in [2.05, 4.69) is 32.1 Å². The molecule has 0 amide bonds. The molecule has 0 fully saturated rings. The molecule has 4 aromatic rings. The predicted molar refractivity (Wildman–Crippen MR) is 109 cm³/mol. The Labute approximate surface area is 185 Å². The first-order valence-electron chi connectivity index (χ1n) is 9.07. The fraction of sp³-hybridized carbons (Fsp3) is 0.100. The molecule has 13 heteroatoms. The first kappa shape index (κ1) is 22.2. The number of nitrogens with two attached hydrogens (primary N) is 1. The topological polar surface area (TPSA) is 130 Å². The van der Waals surface area contributed by atoms with Gasteiger partial charge in [-0.1, -0.05) is 17.3 Å². The summed E-state index contributed by atoms with van der Waals surface area (Å²) >= 11 is 0. The number of sulfonamides is 1. The lowest BCUT2D eigenvalue weighted by molar-refractivity contribution is -0.137. The van der Waals surface area contributed by atoms with Gasteiger partial charge in [0.25, 0.3) is 5.89 Å². The van der Waals surface area contributed by atoms with E-state index in [0.29, 0.717) is 23.0 Å². The number of primary sulfonamides is 1. The highest BCUT2D eigenvalue weighted by Crippen LogP contribution is 2.28. The minimum Gasteiger partial charge on any atom is -0.333 e. The van der Waals surface area contributed by atoms with Gasteiger partial charge >= 0.3 is 6.18 Å². The molecule has 168 valence electrons. The number of benzene rings is 1. The lowest BCUT2D eigenvalue weighted by Crippen LogP contribution is -2.11. The normalized spacial score (nSPS) is 11.8. The summed E-state index contributed by atoms with van der Waals surface area (Å²) in [6.45, 7) is 0. The second-order valence-corrected chi connectivity index (χ2v) is 8.27. The zero-order valence-corrected chi connectivity index (χ0v) is 17.5. The second kappa shape index (κ2) is 8.15. The summed E-state index contributed by atoms with van der Waals surface area (Å²) in [5.41, 5.74) is 0.339. The highest BCUT2D eigenvalue weighted by atomic mass is 32.2. The summed E-state index contributed by atoms with van der Waals surface area (Å²) in [6, 6.07) is 7.77. The molecule has 0 aliphatic heterocycles. The van der Waals surface area contributed by atoms with E-state index >= 15 is 0 Å². The molecule has 0 bridgehead atoms. The Morgan fingerprint density at radius 2 is 1.91 bits per heavy atom. The maximum atomic E-state index is 12.7. The largest absolute Gasteiger partial charge is 0.417 e. The van der Waals surface area contributed by atoms with Gasteiger partial charge in [0.2, 0.25) is 15.8 Å². The lowest BCUT2D eigenvalue weighted by Gasteiger charge is -2.04. The number of rotatable bonds is 3. The van der Waals surface area contributed by atoms with Crippen LogP contribution in [0, 0.1) is 11.8 Å². The molecule has 0 spiro atoms. The second-order valence-electron chi connectivity index (χ2n) is 6.71. The number of pyridine rings is 1. The summed E-state index contributed by atoms with van der Waals surface area (Å²) in [5.74, 6) is 5.65. The van der Waals surface area contributed by atoms with Crippen molar-refractivity contribution in [2.45, 2.75) is 11.1 Å². The lowest BCUT2D eigenvalue weighted by atomic mass is 10.2. The van der Waals surface area contributed by atoms with E-state index in [0.717, 1.165) is 12.1 Å². The number of aromatic nitrogens is 5. The summed E-state index contributed by atoms with van der Waals surface area (Å²) in [6.07, 6.45) is -2.35. The van der Waals surface area contributed by atoms with E-state index in [4.69, 9.17) is 9.66 Å². The number of alkyl halides is 3. The molecule has 0 aliphatic rings. The van der Waals surface area contributed by atoms with Crippen molar-refractivity contribution in [1.82, 2.24) is 24.9 Å². The molecule has 2 N–H and O–H groups in total. The predicted octanol–water partition coefficient (Wildman–Crippen LogP) is 2.60. The van der Waals surface area contributed by atoms with Gasteiger partial charge in [-0.3, -0.25) is 4.68 Å². The molecule has 0 radical (unpaired) electrons. The van der Waals surface area contributed by atoms with Crippen LogP contribution in [0.25, 0.3) is 22.8 Å². The van der Waals surface area contributed by atoms with Crippen LogP contribution in [0.1, 0.15) is 17.0 Å². The smallest absolute Gasteiger partial charge is 0.333 e. The number of halogens is 3. The number of aryl methyl sites for hydroxylation is 1. The fourth-order valence-electron chi connectivity index (χ4n) is 2.76. The van der Waals surface area contributed by atoms with Crippen LogP contribution in [0.2, 0.25) is 0 Å². The minimum absolute atomic E-state index is 0.0591. The molecule has 0 unspecified atom stereocenters. The van der Waals surface area contributed by atoms with Gasteiger partial charge in [0.15, 0.2) is 0 Å². The maximum absolute atomic E-state index is 12.7. The molecule has 0 atom stereocenters. The van der Waals surface area contributed by atoms with Crippen molar-refractivity contribution in [3.63, 3.8) is 0 Å². The van der Waals surface area contributed by atoms with E-state index in [9.17, 15) is 21.6 Å². The Balaban J connectivity index is 1.65. The van der Waals surface area contributed by atoms with Crippen LogP contribution in [-0.4, -0.2) is 33.3 Å². The van der Waals surface area contributed by atoms with Gasteiger partial charge in [-0.15, -0.1) is 0 Å². The van der Waals surface area contributed by atoms with Crippen molar-refractivity contribution < 1.29 is 26.1 Å². The van der Waals surface area contributed by atoms with Crippen molar-refractivity contribution >= 4 is 10.0 Å². The van der Waals surface area contributed by atoms with Crippen LogP contribution >= 0.6 is 0 Å². The van der Waals surface area contributed by atoms with Crippen LogP contribution in [-0.2, 0) is 23.2 Å². The summed E-state index contributed by atoms with van der Waals surface area (Å²) < 4.78 is 67.9. The maximum Gasteiger partial charge on any atom is 0.417 e. The zero-order chi connectivity index (χ0) is 23.8. The Morgan fingerprint density at radius 1 is 1.12 bits per heavy atom. The quantitative estimate of drug-likeness (QED) is 0.452. The SMILES string of the molecule is Cn1ncc(-c2nc(-c3cccc(S(N)(=O)=O)c3)no2)c1C#Cc1ccc(C(F)(F)F)cn1. The third-order valence-electron chi connectivity index (χ3n) is 4.42. The van der Waals surface area contributed by atoms with Crippen molar-refractivity contribution in [1.29, 1.82) is 0 Å². The highest BCUT2D eigenvalue weighted by molar-refractivity contribution is 7.89. The van der Waals surface area contributed by atoms with Crippen molar-refractivity contribution in [2.24, 2.45) is 12.2 Å². The summed E-state index contributed by atoms with van der Waals surface area (Å²) in [4.78, 5) is 7.87. The Morgan fingerprint density at radius 3 is 2.58 bits per heavy atom. The van der Waals surface area contributed by atoms with Gasteiger partial charge in [-0.2, -0.15) is 23.3 Å². The van der Waals surface area contributed by atoms with Crippen LogP contribution in [0.4, 0.5) is 13.2 Å². The molecule has 3 aromatic heterocycles. The Kier molecular flexibility index (Phi) is 5.48.